The molecule has 0 unspecified atom stereocenters. The van der Waals surface area contributed by atoms with Crippen LogP contribution in [0.5, 0.6) is 0 Å². The Kier molecular flexibility index (Phi) is 19.0. The predicted octanol–water partition coefficient (Wildman–Crippen LogP) is 5.69. The van der Waals surface area contributed by atoms with Crippen LogP contribution in [0.1, 0.15) is 91.9 Å². The highest BCUT2D eigenvalue weighted by Gasteiger charge is 2.15. The van der Waals surface area contributed by atoms with Crippen molar-refractivity contribution in [3.63, 3.8) is 0 Å². The molecule has 0 aliphatic rings. The Morgan fingerprint density at radius 3 is 0.917 bits per heavy atom. The van der Waals surface area contributed by atoms with Crippen molar-refractivity contribution in [3.05, 3.63) is 0 Å². The van der Waals surface area contributed by atoms with Gasteiger partial charge in [-0.25, -0.2) is 0 Å². The van der Waals surface area contributed by atoms with Gasteiger partial charge in [0.25, 0.3) is 0 Å². The van der Waals surface area contributed by atoms with Crippen LogP contribution in [0.4, 0.5) is 0 Å². The Labute approximate surface area is 150 Å². The zero-order valence-corrected chi connectivity index (χ0v) is 16.7. The van der Waals surface area contributed by atoms with Crippen molar-refractivity contribution in [3.8, 4) is 0 Å². The Bertz CT molecular complexity index is 192. The van der Waals surface area contributed by atoms with E-state index in [1.807, 2.05) is 0 Å². The molecule has 24 heavy (non-hydrogen) atoms. The minimum absolute atomic E-state index is 0.129. The fraction of sp³-hybridized carbons (Fsp3) is 1.00. The van der Waals surface area contributed by atoms with Gasteiger partial charge in [0.05, 0.1) is 0 Å². The maximum atomic E-state index is 5.90. The molecule has 0 aromatic heterocycles. The Morgan fingerprint density at radius 1 is 0.458 bits per heavy atom. The lowest BCUT2D eigenvalue weighted by Crippen LogP contribution is -2.24. The normalized spacial score (nSPS) is 11.8. The fourth-order valence-corrected chi connectivity index (χ4v) is 2.14. The zero-order valence-electron chi connectivity index (χ0n) is 16.7. The van der Waals surface area contributed by atoms with E-state index in [1.54, 1.807) is 0 Å². The van der Waals surface area contributed by atoms with Gasteiger partial charge in [-0.05, 0) is 25.7 Å². The summed E-state index contributed by atoms with van der Waals surface area (Å²) < 4.78 is 23.6. The van der Waals surface area contributed by atoms with E-state index in [0.717, 1.165) is 90.6 Å². The molecule has 0 spiro atoms. The highest BCUT2D eigenvalue weighted by molar-refractivity contribution is 4.53. The maximum Gasteiger partial charge on any atom is 0.157 e. The Balaban J connectivity index is 4.21. The molecule has 0 amide bonds. The van der Waals surface area contributed by atoms with Gasteiger partial charge in [0.2, 0.25) is 0 Å². The molecule has 146 valence electrons. The van der Waals surface area contributed by atoms with Crippen LogP contribution in [0.15, 0.2) is 0 Å². The topological polar surface area (TPSA) is 36.9 Å². The van der Waals surface area contributed by atoms with Crippen molar-refractivity contribution in [2.45, 2.75) is 104 Å². The number of rotatable bonds is 19. The van der Waals surface area contributed by atoms with Crippen molar-refractivity contribution in [1.29, 1.82) is 0 Å². The third-order valence-electron chi connectivity index (χ3n) is 3.84. The van der Waals surface area contributed by atoms with Crippen molar-refractivity contribution in [2.75, 3.05) is 26.4 Å². The van der Waals surface area contributed by atoms with E-state index in [1.165, 1.54) is 0 Å². The van der Waals surface area contributed by atoms with Crippen LogP contribution < -0.4 is 0 Å². The third-order valence-corrected chi connectivity index (χ3v) is 3.84. The van der Waals surface area contributed by atoms with E-state index < -0.39 is 0 Å². The molecule has 4 heteroatoms. The van der Waals surface area contributed by atoms with Crippen LogP contribution in [-0.2, 0) is 18.9 Å². The summed E-state index contributed by atoms with van der Waals surface area (Å²) in [7, 11) is 0. The first-order valence-electron chi connectivity index (χ1n) is 10.2. The van der Waals surface area contributed by atoms with Crippen molar-refractivity contribution >= 4 is 0 Å². The van der Waals surface area contributed by atoms with Crippen LogP contribution in [0.2, 0.25) is 0 Å². The summed E-state index contributed by atoms with van der Waals surface area (Å²) in [5.74, 6) is 0. The minimum atomic E-state index is -0.129. The van der Waals surface area contributed by atoms with Gasteiger partial charge >= 0.3 is 0 Å². The zero-order chi connectivity index (χ0) is 17.9. The first kappa shape index (κ1) is 23.8. The van der Waals surface area contributed by atoms with Gasteiger partial charge in [-0.2, -0.15) is 0 Å². The first-order chi connectivity index (χ1) is 11.8. The first-order valence-corrected chi connectivity index (χ1v) is 10.2. The number of ether oxygens (including phenoxy) is 4. The highest BCUT2D eigenvalue weighted by Crippen LogP contribution is 2.13. The van der Waals surface area contributed by atoms with Crippen LogP contribution in [0.3, 0.4) is 0 Å². The second-order valence-corrected chi connectivity index (χ2v) is 6.33. The summed E-state index contributed by atoms with van der Waals surface area (Å²) in [6.45, 7) is 11.8. The molecule has 4 nitrogen and oxygen atoms in total. The number of hydrogen-bond donors (Lipinski definition) is 0. The number of hydrogen-bond acceptors (Lipinski definition) is 4. The largest absolute Gasteiger partial charge is 0.353 e. The quantitative estimate of drug-likeness (QED) is 0.222. The third kappa shape index (κ3) is 15.4. The summed E-state index contributed by atoms with van der Waals surface area (Å²) in [5.41, 5.74) is 0. The average Bonchev–Trinajstić information content (AvgIpc) is 2.59. The molecular formula is C20H42O4. The summed E-state index contributed by atoms with van der Waals surface area (Å²) in [5, 5.41) is 0. The molecule has 0 atom stereocenters. The molecule has 0 radical (unpaired) electrons. The molecular weight excluding hydrogens is 304 g/mol. The molecule has 0 rings (SSSR count). The van der Waals surface area contributed by atoms with Gasteiger partial charge in [0, 0.05) is 39.3 Å². The Hall–Kier alpha value is -0.160. The van der Waals surface area contributed by atoms with Crippen LogP contribution in [0, 0.1) is 0 Å². The molecule has 0 aliphatic heterocycles. The van der Waals surface area contributed by atoms with E-state index in [4.69, 9.17) is 18.9 Å². The van der Waals surface area contributed by atoms with Crippen LogP contribution in [0.25, 0.3) is 0 Å². The fourth-order valence-electron chi connectivity index (χ4n) is 2.14. The highest BCUT2D eigenvalue weighted by atomic mass is 16.7. The van der Waals surface area contributed by atoms with Gasteiger partial charge in [-0.1, -0.05) is 53.4 Å². The van der Waals surface area contributed by atoms with Gasteiger partial charge in [0.15, 0.2) is 12.6 Å². The van der Waals surface area contributed by atoms with E-state index in [0.29, 0.717) is 0 Å². The predicted molar refractivity (Wildman–Crippen MR) is 100 cm³/mol. The van der Waals surface area contributed by atoms with Crippen LogP contribution >= 0.6 is 0 Å². The second kappa shape index (κ2) is 19.2. The summed E-state index contributed by atoms with van der Waals surface area (Å²) in [4.78, 5) is 0. The van der Waals surface area contributed by atoms with E-state index in [-0.39, 0.29) is 12.6 Å². The SMILES string of the molecule is CCCCOC(CCC(OCCCC)OCCCC)OCCCC. The summed E-state index contributed by atoms with van der Waals surface area (Å²) in [6.07, 6.45) is 10.3. The summed E-state index contributed by atoms with van der Waals surface area (Å²) >= 11 is 0. The molecule has 0 saturated heterocycles. The van der Waals surface area contributed by atoms with Crippen molar-refractivity contribution in [2.24, 2.45) is 0 Å². The average molecular weight is 347 g/mol. The monoisotopic (exact) mass is 346 g/mol. The molecule has 0 aliphatic carbocycles. The standard InChI is InChI=1S/C20H42O4/c1-5-9-15-21-19(22-16-10-6-2)13-14-20(23-17-11-7-3)24-18-12-8-4/h19-20H,5-18H2,1-4H3. The molecule has 0 aromatic carbocycles. The van der Waals surface area contributed by atoms with E-state index in [9.17, 15) is 0 Å². The lowest BCUT2D eigenvalue weighted by atomic mass is 10.2. The summed E-state index contributed by atoms with van der Waals surface area (Å²) in [6, 6.07) is 0. The second-order valence-electron chi connectivity index (χ2n) is 6.33. The van der Waals surface area contributed by atoms with Gasteiger partial charge in [-0.3, -0.25) is 0 Å². The molecule has 0 bridgehead atoms. The van der Waals surface area contributed by atoms with Crippen molar-refractivity contribution in [1.82, 2.24) is 0 Å². The molecule has 0 heterocycles. The molecule has 0 saturated carbocycles. The maximum absolute atomic E-state index is 5.90. The van der Waals surface area contributed by atoms with Gasteiger partial charge in [0.1, 0.15) is 0 Å². The van der Waals surface area contributed by atoms with Gasteiger partial charge in [-0.15, -0.1) is 0 Å². The van der Waals surface area contributed by atoms with Crippen molar-refractivity contribution < 1.29 is 18.9 Å². The van der Waals surface area contributed by atoms with Crippen LogP contribution in [-0.4, -0.2) is 39.0 Å². The molecule has 0 aromatic rings. The van der Waals surface area contributed by atoms with E-state index >= 15 is 0 Å². The lowest BCUT2D eigenvalue weighted by Gasteiger charge is -2.23. The number of unbranched alkanes of at least 4 members (excludes halogenated alkanes) is 4. The Morgan fingerprint density at radius 2 is 0.708 bits per heavy atom. The molecule has 0 fully saturated rings. The van der Waals surface area contributed by atoms with E-state index in [2.05, 4.69) is 27.7 Å². The van der Waals surface area contributed by atoms with Gasteiger partial charge < -0.3 is 18.9 Å². The smallest absolute Gasteiger partial charge is 0.157 e. The molecule has 0 N–H and O–H groups in total. The lowest BCUT2D eigenvalue weighted by molar-refractivity contribution is -0.179. The minimum Gasteiger partial charge on any atom is -0.353 e.